The number of benzene rings is 2. The molecule has 0 unspecified atom stereocenters. The molecule has 0 aliphatic heterocycles. The second-order valence-corrected chi connectivity index (χ2v) is 3.94. The third-order valence-electron chi connectivity index (χ3n) is 2.66. The van der Waals surface area contributed by atoms with Gasteiger partial charge in [0, 0.05) is 18.2 Å². The molecule has 0 amide bonds. The Hall–Kier alpha value is -2.74. The van der Waals surface area contributed by atoms with Crippen molar-refractivity contribution in [2.75, 3.05) is 5.32 Å². The Bertz CT molecular complexity index is 650. The molecule has 0 radical (unpaired) electrons. The van der Waals surface area contributed by atoms with Crippen LogP contribution >= 0.6 is 0 Å². The third kappa shape index (κ3) is 2.75. The standard InChI is InChI=1S/C14H11FN2O2/c15-12-2-1-3-13(11(12)7-16)17-8-9-4-5-10(18)6-14(9)19/h1-6,17-19H,8H2. The Morgan fingerprint density at radius 3 is 2.68 bits per heavy atom. The van der Waals surface area contributed by atoms with Crippen molar-refractivity contribution < 1.29 is 14.6 Å². The van der Waals surface area contributed by atoms with Crippen molar-refractivity contribution in [2.45, 2.75) is 6.54 Å². The van der Waals surface area contributed by atoms with Crippen molar-refractivity contribution in [2.24, 2.45) is 0 Å². The fraction of sp³-hybridized carbons (Fsp3) is 0.0714. The largest absolute Gasteiger partial charge is 0.508 e. The molecule has 2 aromatic carbocycles. The van der Waals surface area contributed by atoms with Gasteiger partial charge in [0.1, 0.15) is 28.9 Å². The molecule has 0 fully saturated rings. The first-order valence-corrected chi connectivity index (χ1v) is 5.55. The van der Waals surface area contributed by atoms with E-state index in [1.54, 1.807) is 18.2 Å². The fourth-order valence-corrected chi connectivity index (χ4v) is 1.68. The van der Waals surface area contributed by atoms with E-state index in [4.69, 9.17) is 10.4 Å². The lowest BCUT2D eigenvalue weighted by atomic mass is 10.1. The number of aromatic hydroxyl groups is 2. The average molecular weight is 258 g/mol. The van der Waals surface area contributed by atoms with E-state index in [2.05, 4.69) is 5.32 Å². The predicted octanol–water partition coefficient (Wildman–Crippen LogP) is 2.72. The van der Waals surface area contributed by atoms with Gasteiger partial charge in [-0.2, -0.15) is 5.26 Å². The summed E-state index contributed by atoms with van der Waals surface area (Å²) in [6.45, 7) is 0.213. The van der Waals surface area contributed by atoms with Crippen LogP contribution in [0.3, 0.4) is 0 Å². The third-order valence-corrected chi connectivity index (χ3v) is 2.66. The second-order valence-electron chi connectivity index (χ2n) is 3.94. The van der Waals surface area contributed by atoms with Crippen LogP contribution in [0.15, 0.2) is 36.4 Å². The molecule has 0 saturated carbocycles. The molecule has 3 N–H and O–H groups in total. The number of anilines is 1. The Labute approximate surface area is 109 Å². The summed E-state index contributed by atoms with van der Waals surface area (Å²) >= 11 is 0. The van der Waals surface area contributed by atoms with Crippen LogP contribution in [0.1, 0.15) is 11.1 Å². The van der Waals surface area contributed by atoms with E-state index < -0.39 is 5.82 Å². The van der Waals surface area contributed by atoms with Crippen LogP contribution in [0.2, 0.25) is 0 Å². The van der Waals surface area contributed by atoms with E-state index >= 15 is 0 Å². The van der Waals surface area contributed by atoms with Crippen LogP contribution in [-0.2, 0) is 6.54 Å². The van der Waals surface area contributed by atoms with Gasteiger partial charge in [-0.05, 0) is 24.3 Å². The lowest BCUT2D eigenvalue weighted by Gasteiger charge is -2.10. The van der Waals surface area contributed by atoms with E-state index in [1.165, 1.54) is 24.3 Å². The minimum atomic E-state index is -0.595. The highest BCUT2D eigenvalue weighted by molar-refractivity contribution is 5.58. The van der Waals surface area contributed by atoms with E-state index in [0.717, 1.165) is 0 Å². The minimum absolute atomic E-state index is 0.0373. The van der Waals surface area contributed by atoms with Crippen molar-refractivity contribution >= 4 is 5.69 Å². The van der Waals surface area contributed by atoms with Gasteiger partial charge in [-0.3, -0.25) is 0 Å². The van der Waals surface area contributed by atoms with Gasteiger partial charge in [-0.15, -0.1) is 0 Å². The average Bonchev–Trinajstić information content (AvgIpc) is 2.38. The van der Waals surface area contributed by atoms with Gasteiger partial charge in [-0.1, -0.05) is 6.07 Å². The number of hydrogen-bond donors (Lipinski definition) is 3. The summed E-state index contributed by atoms with van der Waals surface area (Å²) in [5, 5.41) is 30.5. The Morgan fingerprint density at radius 2 is 2.00 bits per heavy atom. The van der Waals surface area contributed by atoms with Gasteiger partial charge < -0.3 is 15.5 Å². The second kappa shape index (κ2) is 5.27. The van der Waals surface area contributed by atoms with Crippen molar-refractivity contribution in [3.8, 4) is 17.6 Å². The maximum absolute atomic E-state index is 13.4. The topological polar surface area (TPSA) is 76.3 Å². The lowest BCUT2D eigenvalue weighted by molar-refractivity contribution is 0.446. The van der Waals surface area contributed by atoms with Gasteiger partial charge in [0.05, 0.1) is 5.69 Å². The smallest absolute Gasteiger partial charge is 0.143 e. The molecule has 19 heavy (non-hydrogen) atoms. The van der Waals surface area contributed by atoms with Gasteiger partial charge in [0.15, 0.2) is 0 Å². The summed E-state index contributed by atoms with van der Waals surface area (Å²) in [7, 11) is 0. The van der Waals surface area contributed by atoms with Crippen molar-refractivity contribution in [3.63, 3.8) is 0 Å². The van der Waals surface area contributed by atoms with Crippen LogP contribution in [0, 0.1) is 17.1 Å². The maximum Gasteiger partial charge on any atom is 0.143 e. The molecule has 2 rings (SSSR count). The van der Waals surface area contributed by atoms with Crippen LogP contribution in [0.25, 0.3) is 0 Å². The molecular formula is C14H11FN2O2. The normalized spacial score (nSPS) is 9.89. The Morgan fingerprint density at radius 1 is 1.21 bits per heavy atom. The van der Waals surface area contributed by atoms with Crippen LogP contribution < -0.4 is 5.32 Å². The number of nitrogens with zero attached hydrogens (tertiary/aromatic N) is 1. The molecule has 0 aliphatic rings. The summed E-state index contributed by atoms with van der Waals surface area (Å²) in [5.74, 6) is -0.699. The molecule has 5 heteroatoms. The number of halogens is 1. The summed E-state index contributed by atoms with van der Waals surface area (Å²) < 4.78 is 13.4. The molecule has 96 valence electrons. The molecule has 0 spiro atoms. The monoisotopic (exact) mass is 258 g/mol. The van der Waals surface area contributed by atoms with Gasteiger partial charge in [0.2, 0.25) is 0 Å². The van der Waals surface area contributed by atoms with Gasteiger partial charge >= 0.3 is 0 Å². The number of nitrogens with one attached hydrogen (secondary N) is 1. The number of phenolic OH excluding ortho intramolecular Hbond substituents is 2. The van der Waals surface area contributed by atoms with Gasteiger partial charge in [0.25, 0.3) is 0 Å². The molecule has 0 saturated heterocycles. The zero-order valence-corrected chi connectivity index (χ0v) is 9.89. The van der Waals surface area contributed by atoms with E-state index in [1.807, 2.05) is 0 Å². The molecule has 0 heterocycles. The van der Waals surface area contributed by atoms with Gasteiger partial charge in [-0.25, -0.2) is 4.39 Å². The van der Waals surface area contributed by atoms with E-state index in [9.17, 15) is 9.50 Å². The maximum atomic E-state index is 13.4. The highest BCUT2D eigenvalue weighted by Gasteiger charge is 2.08. The number of phenols is 2. The highest BCUT2D eigenvalue weighted by Crippen LogP contribution is 2.24. The first kappa shape index (κ1) is 12.7. The number of hydrogen-bond acceptors (Lipinski definition) is 4. The highest BCUT2D eigenvalue weighted by atomic mass is 19.1. The Balaban J connectivity index is 2.20. The summed E-state index contributed by atoms with van der Waals surface area (Å²) in [6, 6.07) is 10.3. The summed E-state index contributed by atoms with van der Waals surface area (Å²) in [6.07, 6.45) is 0. The Kier molecular flexibility index (Phi) is 3.53. The quantitative estimate of drug-likeness (QED) is 0.791. The van der Waals surface area contributed by atoms with Crippen LogP contribution in [0.4, 0.5) is 10.1 Å². The molecule has 4 nitrogen and oxygen atoms in total. The zero-order chi connectivity index (χ0) is 13.8. The van der Waals surface area contributed by atoms with Crippen molar-refractivity contribution in [3.05, 3.63) is 53.3 Å². The zero-order valence-electron chi connectivity index (χ0n) is 9.89. The minimum Gasteiger partial charge on any atom is -0.508 e. The summed E-state index contributed by atoms with van der Waals surface area (Å²) in [4.78, 5) is 0. The predicted molar refractivity (Wildman–Crippen MR) is 68.2 cm³/mol. The van der Waals surface area contributed by atoms with Crippen LogP contribution in [-0.4, -0.2) is 10.2 Å². The lowest BCUT2D eigenvalue weighted by Crippen LogP contribution is -2.02. The molecule has 0 aromatic heterocycles. The molecular weight excluding hydrogens is 247 g/mol. The fourth-order valence-electron chi connectivity index (χ4n) is 1.68. The van der Waals surface area contributed by atoms with E-state index in [0.29, 0.717) is 11.3 Å². The van der Waals surface area contributed by atoms with Crippen molar-refractivity contribution in [1.29, 1.82) is 5.26 Å². The SMILES string of the molecule is N#Cc1c(F)cccc1NCc1ccc(O)cc1O. The first-order valence-electron chi connectivity index (χ1n) is 5.55. The number of rotatable bonds is 3. The molecule has 0 atom stereocenters. The van der Waals surface area contributed by atoms with E-state index in [-0.39, 0.29) is 23.6 Å². The van der Waals surface area contributed by atoms with Crippen molar-refractivity contribution in [1.82, 2.24) is 0 Å². The number of nitriles is 1. The molecule has 0 bridgehead atoms. The molecule has 0 aliphatic carbocycles. The summed E-state index contributed by atoms with van der Waals surface area (Å²) in [5.41, 5.74) is 0.821. The first-order chi connectivity index (χ1) is 9.11. The van der Waals surface area contributed by atoms with Crippen LogP contribution in [0.5, 0.6) is 11.5 Å². The molecule has 2 aromatic rings.